The van der Waals surface area contributed by atoms with Crippen LogP contribution in [0.2, 0.25) is 0 Å². The highest BCUT2D eigenvalue weighted by Crippen LogP contribution is 2.30. The van der Waals surface area contributed by atoms with Gasteiger partial charge in [0.05, 0.1) is 0 Å². The molecule has 0 radical (unpaired) electrons. The second-order valence-corrected chi connectivity index (χ2v) is 8.91. The Bertz CT molecular complexity index is 554. The second-order valence-electron chi connectivity index (χ2n) is 5.58. The van der Waals surface area contributed by atoms with Gasteiger partial charge in [-0.2, -0.15) is 4.31 Å². The molecule has 2 heterocycles. The van der Waals surface area contributed by atoms with Gasteiger partial charge in [-0.25, -0.2) is 8.42 Å². The number of rotatable bonds is 5. The molecule has 2 atom stereocenters. The minimum absolute atomic E-state index is 0.293. The SMILES string of the molecule is CNCc1ccc(S(=O)(=O)N2CC(C)C(N(C)C)C2)s1. The van der Waals surface area contributed by atoms with Crippen LogP contribution in [0.4, 0.5) is 0 Å². The van der Waals surface area contributed by atoms with Crippen molar-refractivity contribution in [3.05, 3.63) is 17.0 Å². The first kappa shape index (κ1) is 15.9. The molecule has 1 aliphatic heterocycles. The Morgan fingerprint density at radius 3 is 2.65 bits per heavy atom. The van der Waals surface area contributed by atoms with E-state index in [1.807, 2.05) is 27.2 Å². The van der Waals surface area contributed by atoms with Crippen LogP contribution in [0.5, 0.6) is 0 Å². The Hall–Kier alpha value is -0.470. The number of nitrogens with zero attached hydrogens (tertiary/aromatic N) is 2. The summed E-state index contributed by atoms with van der Waals surface area (Å²) in [5, 5.41) is 3.04. The third-order valence-corrected chi connectivity index (χ3v) is 7.17. The molecular weight excluding hydrogens is 294 g/mol. The maximum absolute atomic E-state index is 12.7. The number of hydrogen-bond acceptors (Lipinski definition) is 5. The Balaban J connectivity index is 2.18. The van der Waals surface area contributed by atoms with Gasteiger partial charge < -0.3 is 10.2 Å². The van der Waals surface area contributed by atoms with Crippen molar-refractivity contribution in [3.8, 4) is 0 Å². The van der Waals surface area contributed by atoms with E-state index in [1.54, 1.807) is 10.4 Å². The third kappa shape index (κ3) is 3.07. The van der Waals surface area contributed by atoms with Crippen molar-refractivity contribution in [2.24, 2.45) is 5.92 Å². The van der Waals surface area contributed by atoms with Crippen LogP contribution in [-0.2, 0) is 16.6 Å². The molecule has 0 saturated carbocycles. The number of nitrogens with one attached hydrogen (secondary N) is 1. The molecule has 2 rings (SSSR count). The molecule has 0 spiro atoms. The molecular formula is C13H23N3O2S2. The Labute approximate surface area is 125 Å². The van der Waals surface area contributed by atoms with E-state index < -0.39 is 10.0 Å². The predicted molar refractivity (Wildman–Crippen MR) is 82.5 cm³/mol. The van der Waals surface area contributed by atoms with Gasteiger partial charge in [-0.15, -0.1) is 11.3 Å². The van der Waals surface area contributed by atoms with Gasteiger partial charge in [0, 0.05) is 30.6 Å². The molecule has 114 valence electrons. The van der Waals surface area contributed by atoms with Crippen molar-refractivity contribution in [2.75, 3.05) is 34.2 Å². The van der Waals surface area contributed by atoms with Crippen molar-refractivity contribution in [1.82, 2.24) is 14.5 Å². The van der Waals surface area contributed by atoms with Gasteiger partial charge in [-0.1, -0.05) is 6.92 Å². The first-order valence-electron chi connectivity index (χ1n) is 6.76. The van der Waals surface area contributed by atoms with Gasteiger partial charge >= 0.3 is 0 Å². The molecule has 0 bridgehead atoms. The van der Waals surface area contributed by atoms with Crippen molar-refractivity contribution in [2.45, 2.75) is 23.7 Å². The molecule has 20 heavy (non-hydrogen) atoms. The lowest BCUT2D eigenvalue weighted by Crippen LogP contribution is -2.35. The molecule has 5 nitrogen and oxygen atoms in total. The van der Waals surface area contributed by atoms with Crippen LogP contribution in [0.3, 0.4) is 0 Å². The van der Waals surface area contributed by atoms with Crippen molar-refractivity contribution in [3.63, 3.8) is 0 Å². The molecule has 1 aliphatic rings. The number of sulfonamides is 1. The number of likely N-dealkylation sites (N-methyl/N-ethyl adjacent to an activating group) is 1. The van der Waals surface area contributed by atoms with Crippen molar-refractivity contribution < 1.29 is 8.42 Å². The lowest BCUT2D eigenvalue weighted by atomic mass is 10.1. The molecule has 7 heteroatoms. The summed E-state index contributed by atoms with van der Waals surface area (Å²) in [6.45, 7) is 4.00. The molecule has 0 amide bonds. The fraction of sp³-hybridized carbons (Fsp3) is 0.692. The van der Waals surface area contributed by atoms with E-state index in [0.717, 1.165) is 4.88 Å². The molecule has 0 aliphatic carbocycles. The maximum atomic E-state index is 12.7. The third-order valence-electron chi connectivity index (χ3n) is 3.78. The largest absolute Gasteiger partial charge is 0.315 e. The summed E-state index contributed by atoms with van der Waals surface area (Å²) in [6.07, 6.45) is 0. The van der Waals surface area contributed by atoms with E-state index in [0.29, 0.717) is 35.8 Å². The van der Waals surface area contributed by atoms with Gasteiger partial charge in [0.2, 0.25) is 0 Å². The Morgan fingerprint density at radius 2 is 2.10 bits per heavy atom. The molecule has 1 aromatic rings. The standard InChI is InChI=1S/C13H23N3O2S2/c1-10-8-16(9-12(10)15(3)4)20(17,18)13-6-5-11(19-13)7-14-2/h5-6,10,12,14H,7-9H2,1-4H3. The topological polar surface area (TPSA) is 52.7 Å². The van der Waals surface area contributed by atoms with E-state index in [2.05, 4.69) is 17.1 Å². The quantitative estimate of drug-likeness (QED) is 0.881. The van der Waals surface area contributed by atoms with Crippen LogP contribution < -0.4 is 5.32 Å². The molecule has 1 saturated heterocycles. The maximum Gasteiger partial charge on any atom is 0.252 e. The van der Waals surface area contributed by atoms with Crippen molar-refractivity contribution >= 4 is 21.4 Å². The zero-order chi connectivity index (χ0) is 14.9. The minimum atomic E-state index is -3.34. The highest BCUT2D eigenvalue weighted by atomic mass is 32.2. The van der Waals surface area contributed by atoms with Crippen LogP contribution in [0.1, 0.15) is 11.8 Å². The Morgan fingerprint density at radius 1 is 1.40 bits per heavy atom. The van der Waals surface area contributed by atoms with Gasteiger partial charge in [0.15, 0.2) is 0 Å². The molecule has 2 unspecified atom stereocenters. The van der Waals surface area contributed by atoms with Gasteiger partial charge in [-0.3, -0.25) is 0 Å². The monoisotopic (exact) mass is 317 g/mol. The minimum Gasteiger partial charge on any atom is -0.315 e. The summed E-state index contributed by atoms with van der Waals surface area (Å²) in [5.41, 5.74) is 0. The van der Waals surface area contributed by atoms with E-state index >= 15 is 0 Å². The lowest BCUT2D eigenvalue weighted by molar-refractivity contribution is 0.263. The number of thiophene rings is 1. The van der Waals surface area contributed by atoms with Crippen LogP contribution >= 0.6 is 11.3 Å². The summed E-state index contributed by atoms with van der Waals surface area (Å²) >= 11 is 1.36. The average Bonchev–Trinajstić information content (AvgIpc) is 2.96. The van der Waals surface area contributed by atoms with Gasteiger partial charge in [0.25, 0.3) is 10.0 Å². The van der Waals surface area contributed by atoms with E-state index in [4.69, 9.17) is 0 Å². The first-order chi connectivity index (χ1) is 9.36. The predicted octanol–water partition coefficient (Wildman–Crippen LogP) is 1.04. The normalized spacial score (nSPS) is 24.6. The fourth-order valence-electron chi connectivity index (χ4n) is 2.67. The molecule has 1 fully saturated rings. The van der Waals surface area contributed by atoms with E-state index in [9.17, 15) is 8.42 Å². The first-order valence-corrected chi connectivity index (χ1v) is 9.01. The molecule has 1 N–H and O–H groups in total. The smallest absolute Gasteiger partial charge is 0.252 e. The van der Waals surface area contributed by atoms with Gasteiger partial charge in [0.1, 0.15) is 4.21 Å². The summed E-state index contributed by atoms with van der Waals surface area (Å²) in [4.78, 5) is 3.16. The second kappa shape index (κ2) is 6.11. The van der Waals surface area contributed by atoms with Crippen molar-refractivity contribution in [1.29, 1.82) is 0 Å². The van der Waals surface area contributed by atoms with E-state index in [-0.39, 0.29) is 0 Å². The van der Waals surface area contributed by atoms with Gasteiger partial charge in [-0.05, 0) is 39.2 Å². The zero-order valence-electron chi connectivity index (χ0n) is 12.5. The van der Waals surface area contributed by atoms with Crippen LogP contribution in [0.25, 0.3) is 0 Å². The number of hydrogen-bond donors (Lipinski definition) is 1. The summed E-state index contributed by atoms with van der Waals surface area (Å²) in [5.74, 6) is 0.358. The average molecular weight is 317 g/mol. The fourth-order valence-corrected chi connectivity index (χ4v) is 5.75. The van der Waals surface area contributed by atoms with Crippen LogP contribution in [0, 0.1) is 5.92 Å². The summed E-state index contributed by atoms with van der Waals surface area (Å²) in [7, 11) is 2.54. The molecule has 1 aromatic heterocycles. The summed E-state index contributed by atoms with van der Waals surface area (Å²) < 4.78 is 27.4. The highest BCUT2D eigenvalue weighted by Gasteiger charge is 2.38. The zero-order valence-corrected chi connectivity index (χ0v) is 14.1. The molecule has 0 aromatic carbocycles. The van der Waals surface area contributed by atoms with Crippen LogP contribution in [0.15, 0.2) is 16.3 Å². The highest BCUT2D eigenvalue weighted by molar-refractivity contribution is 7.91. The van der Waals surface area contributed by atoms with E-state index in [1.165, 1.54) is 11.3 Å². The Kier molecular flexibility index (Phi) is 4.86. The van der Waals surface area contributed by atoms with Crippen LogP contribution in [-0.4, -0.2) is 57.9 Å². The lowest BCUT2D eigenvalue weighted by Gasteiger charge is -2.22. The summed E-state index contributed by atoms with van der Waals surface area (Å²) in [6, 6.07) is 3.90.